The molecule has 21 heavy (non-hydrogen) atoms. The van der Waals surface area contributed by atoms with Crippen LogP contribution < -0.4 is 0 Å². The van der Waals surface area contributed by atoms with E-state index in [9.17, 15) is 14.0 Å². The molecule has 3 atom stereocenters. The second kappa shape index (κ2) is 5.91. The molecule has 118 valence electrons. The highest BCUT2D eigenvalue weighted by atomic mass is 19.1. The van der Waals surface area contributed by atoms with E-state index in [2.05, 4.69) is 9.64 Å². The average Bonchev–Trinajstić information content (AvgIpc) is 3.31. The van der Waals surface area contributed by atoms with Crippen LogP contribution in [0.3, 0.4) is 0 Å². The number of hydrogen-bond donors (Lipinski definition) is 0. The van der Waals surface area contributed by atoms with E-state index in [4.69, 9.17) is 0 Å². The zero-order valence-corrected chi connectivity index (χ0v) is 12.5. The van der Waals surface area contributed by atoms with Gasteiger partial charge in [0.1, 0.15) is 0 Å². The van der Waals surface area contributed by atoms with Crippen LogP contribution in [0.25, 0.3) is 0 Å². The Bertz CT molecular complexity index is 427. The van der Waals surface area contributed by atoms with Gasteiger partial charge in [0, 0.05) is 38.1 Å². The van der Waals surface area contributed by atoms with E-state index in [1.165, 1.54) is 7.11 Å². The Kier molecular flexibility index (Phi) is 4.15. The number of likely N-dealkylation sites (tertiary alicyclic amines) is 2. The number of fused-ring (bicyclic) bond motifs is 1. The van der Waals surface area contributed by atoms with Gasteiger partial charge in [-0.25, -0.2) is 9.18 Å². The number of methoxy groups -OCH3 is 1. The van der Waals surface area contributed by atoms with Crippen molar-refractivity contribution in [1.29, 1.82) is 0 Å². The molecule has 5 nitrogen and oxygen atoms in total. The lowest BCUT2D eigenvalue weighted by molar-refractivity contribution is -0.148. The Morgan fingerprint density at radius 3 is 2.81 bits per heavy atom. The van der Waals surface area contributed by atoms with Gasteiger partial charge >= 0.3 is 5.97 Å². The van der Waals surface area contributed by atoms with Crippen molar-refractivity contribution in [2.24, 2.45) is 5.92 Å². The molecule has 0 aromatic heterocycles. The van der Waals surface area contributed by atoms with Crippen molar-refractivity contribution < 1.29 is 18.7 Å². The standard InChI is InChI=1S/C15H23FN2O3/c1-21-15(20)12(16)9-17-7-6-13-10(8-17)2-5-14(19)18(13)11-3-4-11/h10-13H,2-9H2,1H3/t10-,12-,13-/m1/s1. The highest BCUT2D eigenvalue weighted by molar-refractivity contribution is 5.78. The minimum atomic E-state index is -1.57. The number of carbonyl (C=O) groups is 2. The van der Waals surface area contributed by atoms with Gasteiger partial charge in [-0.3, -0.25) is 9.69 Å². The van der Waals surface area contributed by atoms with Gasteiger partial charge in [0.2, 0.25) is 12.1 Å². The molecule has 0 radical (unpaired) electrons. The predicted octanol–water partition coefficient (Wildman–Crippen LogP) is 0.973. The first-order chi connectivity index (χ1) is 10.1. The number of nitrogens with zero attached hydrogens (tertiary/aromatic N) is 2. The lowest BCUT2D eigenvalue weighted by atomic mass is 9.83. The molecular formula is C15H23FN2O3. The fourth-order valence-electron chi connectivity index (χ4n) is 3.79. The van der Waals surface area contributed by atoms with E-state index in [1.807, 2.05) is 4.90 Å². The van der Waals surface area contributed by atoms with Gasteiger partial charge in [-0.2, -0.15) is 0 Å². The summed E-state index contributed by atoms with van der Waals surface area (Å²) in [5.41, 5.74) is 0. The van der Waals surface area contributed by atoms with Crippen molar-refractivity contribution in [3.63, 3.8) is 0 Å². The van der Waals surface area contributed by atoms with Gasteiger partial charge in [-0.15, -0.1) is 0 Å². The lowest BCUT2D eigenvalue weighted by Crippen LogP contribution is -2.57. The Hall–Kier alpha value is -1.17. The molecule has 0 N–H and O–H groups in total. The molecule has 3 rings (SSSR count). The molecule has 6 heteroatoms. The van der Waals surface area contributed by atoms with Crippen LogP contribution in [0.15, 0.2) is 0 Å². The number of amides is 1. The number of ether oxygens (including phenoxy) is 1. The molecule has 1 aliphatic carbocycles. The topological polar surface area (TPSA) is 49.9 Å². The first-order valence-corrected chi connectivity index (χ1v) is 7.85. The second-order valence-corrected chi connectivity index (χ2v) is 6.44. The maximum absolute atomic E-state index is 13.7. The third-order valence-corrected chi connectivity index (χ3v) is 4.97. The van der Waals surface area contributed by atoms with Crippen molar-refractivity contribution in [1.82, 2.24) is 9.80 Å². The third kappa shape index (κ3) is 3.05. The largest absolute Gasteiger partial charge is 0.467 e. The Balaban J connectivity index is 1.58. The number of hydrogen-bond acceptors (Lipinski definition) is 4. The van der Waals surface area contributed by atoms with Crippen molar-refractivity contribution in [2.75, 3.05) is 26.7 Å². The van der Waals surface area contributed by atoms with Crippen molar-refractivity contribution >= 4 is 11.9 Å². The van der Waals surface area contributed by atoms with Crippen molar-refractivity contribution in [3.8, 4) is 0 Å². The summed E-state index contributed by atoms with van der Waals surface area (Å²) < 4.78 is 18.1. The van der Waals surface area contributed by atoms with Gasteiger partial charge in [0.25, 0.3) is 0 Å². The third-order valence-electron chi connectivity index (χ3n) is 4.97. The van der Waals surface area contributed by atoms with Crippen LogP contribution in [0.4, 0.5) is 4.39 Å². The smallest absolute Gasteiger partial charge is 0.341 e. The molecule has 0 aromatic carbocycles. The summed E-state index contributed by atoms with van der Waals surface area (Å²) in [5.74, 6) is -0.0809. The van der Waals surface area contributed by atoms with E-state index < -0.39 is 12.1 Å². The maximum atomic E-state index is 13.7. The summed E-state index contributed by atoms with van der Waals surface area (Å²) in [6.45, 7) is 1.63. The van der Waals surface area contributed by atoms with E-state index in [0.717, 1.165) is 38.8 Å². The second-order valence-electron chi connectivity index (χ2n) is 6.44. The van der Waals surface area contributed by atoms with Gasteiger partial charge in [0.05, 0.1) is 7.11 Å². The summed E-state index contributed by atoms with van der Waals surface area (Å²) >= 11 is 0. The van der Waals surface area contributed by atoms with Crippen LogP contribution in [-0.2, 0) is 14.3 Å². The molecule has 1 saturated carbocycles. The van der Waals surface area contributed by atoms with Crippen LogP contribution in [0.5, 0.6) is 0 Å². The highest BCUT2D eigenvalue weighted by Crippen LogP contribution is 2.38. The van der Waals surface area contributed by atoms with Gasteiger partial charge in [-0.05, 0) is 31.6 Å². The van der Waals surface area contributed by atoms with Crippen LogP contribution in [0.2, 0.25) is 0 Å². The highest BCUT2D eigenvalue weighted by Gasteiger charge is 2.45. The summed E-state index contributed by atoms with van der Waals surface area (Å²) in [4.78, 5) is 27.4. The summed E-state index contributed by atoms with van der Waals surface area (Å²) in [6, 6.07) is 0.784. The number of rotatable bonds is 4. The number of esters is 1. The Morgan fingerprint density at radius 1 is 1.38 bits per heavy atom. The molecule has 0 unspecified atom stereocenters. The lowest BCUT2D eigenvalue weighted by Gasteiger charge is -2.47. The Morgan fingerprint density at radius 2 is 2.14 bits per heavy atom. The SMILES string of the molecule is COC(=O)[C@H](F)CN1CC[C@@H]2[C@H](CCC(=O)N2C2CC2)C1. The molecule has 0 spiro atoms. The van der Waals surface area contributed by atoms with Gasteiger partial charge in [-0.1, -0.05) is 0 Å². The molecule has 3 fully saturated rings. The van der Waals surface area contributed by atoms with Crippen LogP contribution >= 0.6 is 0 Å². The van der Waals surface area contributed by atoms with Crippen molar-refractivity contribution in [2.45, 2.75) is 50.4 Å². The van der Waals surface area contributed by atoms with Crippen LogP contribution in [-0.4, -0.2) is 66.7 Å². The summed E-state index contributed by atoms with van der Waals surface area (Å²) in [6.07, 6.45) is 3.08. The van der Waals surface area contributed by atoms with Gasteiger partial charge in [0.15, 0.2) is 0 Å². The Labute approximate surface area is 124 Å². The van der Waals surface area contributed by atoms with E-state index in [0.29, 0.717) is 30.3 Å². The average molecular weight is 298 g/mol. The zero-order valence-electron chi connectivity index (χ0n) is 12.5. The van der Waals surface area contributed by atoms with Crippen LogP contribution in [0, 0.1) is 5.92 Å². The van der Waals surface area contributed by atoms with E-state index in [1.54, 1.807) is 0 Å². The molecule has 3 aliphatic rings. The van der Waals surface area contributed by atoms with E-state index >= 15 is 0 Å². The molecule has 0 aromatic rings. The minimum Gasteiger partial charge on any atom is -0.467 e. The molecule has 2 aliphatic heterocycles. The molecule has 0 bridgehead atoms. The van der Waals surface area contributed by atoms with Gasteiger partial charge < -0.3 is 9.64 Å². The fourth-order valence-corrected chi connectivity index (χ4v) is 3.79. The van der Waals surface area contributed by atoms with Crippen molar-refractivity contribution in [3.05, 3.63) is 0 Å². The molecule has 2 saturated heterocycles. The quantitative estimate of drug-likeness (QED) is 0.726. The summed E-state index contributed by atoms with van der Waals surface area (Å²) in [5, 5.41) is 0. The predicted molar refractivity (Wildman–Crippen MR) is 74.3 cm³/mol. The number of halogens is 1. The maximum Gasteiger partial charge on any atom is 0.341 e. The normalized spacial score (nSPS) is 31.7. The molecule has 2 heterocycles. The number of alkyl halides is 1. The minimum absolute atomic E-state index is 0.104. The molecular weight excluding hydrogens is 275 g/mol. The van der Waals surface area contributed by atoms with E-state index in [-0.39, 0.29) is 6.54 Å². The summed E-state index contributed by atoms with van der Waals surface area (Å²) in [7, 11) is 1.21. The van der Waals surface area contributed by atoms with Crippen LogP contribution in [0.1, 0.15) is 32.1 Å². The number of carbonyl (C=O) groups excluding carboxylic acids is 2. The zero-order chi connectivity index (χ0) is 15.0. The fraction of sp³-hybridized carbons (Fsp3) is 0.867. The number of piperidine rings is 2. The monoisotopic (exact) mass is 298 g/mol. The molecule has 1 amide bonds. The first kappa shape index (κ1) is 14.8. The first-order valence-electron chi connectivity index (χ1n) is 7.85.